The van der Waals surface area contributed by atoms with Gasteiger partial charge in [0.15, 0.2) is 4.91 Å². The highest BCUT2D eigenvalue weighted by atomic mass is 32.2. The number of hydrogen-bond acceptors (Lipinski definition) is 6. The van der Waals surface area contributed by atoms with E-state index in [1.165, 1.54) is 36.4 Å². The zero-order valence-electron chi connectivity index (χ0n) is 16.9. The molecule has 0 radical (unpaired) electrons. The molecule has 1 fully saturated rings. The highest BCUT2D eigenvalue weighted by Crippen LogP contribution is 2.40. The number of sulfone groups is 1. The van der Waals surface area contributed by atoms with Crippen LogP contribution in [0.2, 0.25) is 0 Å². The third kappa shape index (κ3) is 3.81. The summed E-state index contributed by atoms with van der Waals surface area (Å²) in [6.45, 7) is 0.992. The quantitative estimate of drug-likeness (QED) is 0.533. The number of methoxy groups -OCH3 is 1. The number of amides is 1. The van der Waals surface area contributed by atoms with Crippen LogP contribution in [0.3, 0.4) is 0 Å². The fourth-order valence-electron chi connectivity index (χ4n) is 3.79. The van der Waals surface area contributed by atoms with Crippen LogP contribution in [0.25, 0.3) is 0 Å². The molecule has 0 N–H and O–H groups in total. The molecule has 0 spiro atoms. The van der Waals surface area contributed by atoms with Crippen molar-refractivity contribution in [1.29, 1.82) is 0 Å². The lowest BCUT2D eigenvalue weighted by molar-refractivity contribution is -0.127. The molecule has 2 aromatic carbocycles. The van der Waals surface area contributed by atoms with Gasteiger partial charge in [0.1, 0.15) is 5.82 Å². The molecule has 0 aliphatic carbocycles. The Morgan fingerprint density at radius 3 is 2.32 bits per heavy atom. The van der Waals surface area contributed by atoms with Gasteiger partial charge in [-0.15, -0.1) is 0 Å². The minimum absolute atomic E-state index is 0.0982. The van der Waals surface area contributed by atoms with Gasteiger partial charge in [-0.1, -0.05) is 0 Å². The number of likely N-dealkylation sites (tertiary alicyclic amines) is 1. The third-order valence-corrected chi connectivity index (χ3v) is 7.21. The predicted molar refractivity (Wildman–Crippen MR) is 112 cm³/mol. The number of benzene rings is 2. The number of piperidine rings is 1. The number of hydrogen-bond donors (Lipinski definition) is 0. The van der Waals surface area contributed by atoms with E-state index >= 15 is 0 Å². The van der Waals surface area contributed by atoms with E-state index in [4.69, 9.17) is 4.74 Å². The summed E-state index contributed by atoms with van der Waals surface area (Å²) >= 11 is 0. The molecule has 2 aliphatic heterocycles. The summed E-state index contributed by atoms with van der Waals surface area (Å²) in [6.07, 6.45) is 3.87. The van der Waals surface area contributed by atoms with Gasteiger partial charge in [-0.25, -0.2) is 17.6 Å². The first-order chi connectivity index (χ1) is 14.8. The van der Waals surface area contributed by atoms with E-state index in [0.717, 1.165) is 31.4 Å². The number of carbonyl (C=O) groups excluding carboxylic acids is 2. The van der Waals surface area contributed by atoms with Crippen LogP contribution in [-0.4, -0.2) is 45.4 Å². The molecule has 0 aromatic heterocycles. The Hall–Kier alpha value is -3.20. The second-order valence-corrected chi connectivity index (χ2v) is 9.26. The van der Waals surface area contributed by atoms with E-state index in [1.807, 2.05) is 0 Å². The standard InChI is InChI=1S/C22H21FN2O5S/c1-30-22(27)15-5-8-17(9-6-15)25-14-20(21(26)24-11-3-2-4-12-24)31(28,29)19-10-7-16(23)13-18(19)25/h5-10,13-14H,2-4,11-12H2,1H3. The Morgan fingerprint density at radius 2 is 1.68 bits per heavy atom. The molecular weight excluding hydrogens is 423 g/mol. The third-order valence-electron chi connectivity index (χ3n) is 5.43. The van der Waals surface area contributed by atoms with Crippen LogP contribution in [0.4, 0.5) is 15.8 Å². The highest BCUT2D eigenvalue weighted by molar-refractivity contribution is 7.96. The van der Waals surface area contributed by atoms with Crippen LogP contribution in [0.1, 0.15) is 29.6 Å². The van der Waals surface area contributed by atoms with Gasteiger partial charge in [0.2, 0.25) is 9.84 Å². The van der Waals surface area contributed by atoms with Crippen molar-refractivity contribution < 1.29 is 27.1 Å². The lowest BCUT2D eigenvalue weighted by Gasteiger charge is -2.32. The van der Waals surface area contributed by atoms with Gasteiger partial charge in [0, 0.05) is 25.0 Å². The first kappa shape index (κ1) is 21.0. The van der Waals surface area contributed by atoms with Crippen molar-refractivity contribution in [3.05, 3.63) is 65.0 Å². The number of anilines is 2. The molecule has 4 rings (SSSR count). The maximum Gasteiger partial charge on any atom is 0.337 e. The second kappa shape index (κ2) is 8.14. The van der Waals surface area contributed by atoms with Crippen LogP contribution in [0, 0.1) is 5.82 Å². The molecule has 2 aliphatic rings. The molecule has 1 saturated heterocycles. The molecule has 0 bridgehead atoms. The summed E-state index contributed by atoms with van der Waals surface area (Å²) in [5.74, 6) is -1.69. The molecule has 2 heterocycles. The van der Waals surface area contributed by atoms with Crippen LogP contribution in [0.15, 0.2) is 58.5 Å². The number of rotatable bonds is 3. The smallest absolute Gasteiger partial charge is 0.337 e. The summed E-state index contributed by atoms with van der Waals surface area (Å²) in [4.78, 5) is 27.3. The summed E-state index contributed by atoms with van der Waals surface area (Å²) in [6, 6.07) is 9.54. The Labute approximate surface area is 179 Å². The lowest BCUT2D eigenvalue weighted by atomic mass is 10.1. The number of esters is 1. The van der Waals surface area contributed by atoms with Crippen molar-refractivity contribution in [2.75, 3.05) is 25.1 Å². The van der Waals surface area contributed by atoms with Gasteiger partial charge in [-0.3, -0.25) is 4.79 Å². The Kier molecular flexibility index (Phi) is 5.53. The second-order valence-electron chi connectivity index (χ2n) is 7.37. The fourth-order valence-corrected chi connectivity index (χ4v) is 5.31. The van der Waals surface area contributed by atoms with Crippen molar-refractivity contribution in [3.63, 3.8) is 0 Å². The number of nitrogens with zero attached hydrogens (tertiary/aromatic N) is 2. The minimum Gasteiger partial charge on any atom is -0.465 e. The van der Waals surface area contributed by atoms with Crippen LogP contribution in [-0.2, 0) is 19.4 Å². The lowest BCUT2D eigenvalue weighted by Crippen LogP contribution is -2.39. The normalized spacial score (nSPS) is 17.5. The van der Waals surface area contributed by atoms with Crippen molar-refractivity contribution in [1.82, 2.24) is 4.90 Å². The monoisotopic (exact) mass is 444 g/mol. The van der Waals surface area contributed by atoms with E-state index in [-0.39, 0.29) is 15.5 Å². The summed E-state index contributed by atoms with van der Waals surface area (Å²) < 4.78 is 45.2. The Balaban J connectivity index is 1.83. The Bertz CT molecular complexity index is 1170. The molecule has 2 aromatic rings. The van der Waals surface area contributed by atoms with Gasteiger partial charge < -0.3 is 14.5 Å². The minimum atomic E-state index is -4.13. The van der Waals surface area contributed by atoms with Gasteiger partial charge in [-0.2, -0.15) is 0 Å². The maximum absolute atomic E-state index is 14.0. The first-order valence-corrected chi connectivity index (χ1v) is 11.3. The van der Waals surface area contributed by atoms with Crippen molar-refractivity contribution in [2.24, 2.45) is 0 Å². The van der Waals surface area contributed by atoms with Crippen molar-refractivity contribution >= 4 is 33.1 Å². The largest absolute Gasteiger partial charge is 0.465 e. The fraction of sp³-hybridized carbons (Fsp3) is 0.273. The molecule has 0 unspecified atom stereocenters. The Morgan fingerprint density at radius 1 is 1.00 bits per heavy atom. The zero-order valence-corrected chi connectivity index (χ0v) is 17.7. The van der Waals surface area contributed by atoms with Crippen LogP contribution in [0.5, 0.6) is 0 Å². The number of halogens is 1. The molecule has 1 amide bonds. The van der Waals surface area contributed by atoms with E-state index in [9.17, 15) is 22.4 Å². The molecule has 0 saturated carbocycles. The molecule has 9 heteroatoms. The molecule has 0 atom stereocenters. The van der Waals surface area contributed by atoms with Gasteiger partial charge in [0.05, 0.1) is 23.3 Å². The molecule has 31 heavy (non-hydrogen) atoms. The summed E-state index contributed by atoms with van der Waals surface area (Å²) in [5.41, 5.74) is 0.878. The van der Waals surface area contributed by atoms with Gasteiger partial charge in [-0.05, 0) is 61.7 Å². The first-order valence-electron chi connectivity index (χ1n) is 9.86. The summed E-state index contributed by atoms with van der Waals surface area (Å²) in [5, 5.41) is 0. The summed E-state index contributed by atoms with van der Waals surface area (Å²) in [7, 11) is -2.86. The van der Waals surface area contributed by atoms with Gasteiger partial charge >= 0.3 is 5.97 Å². The van der Waals surface area contributed by atoms with Gasteiger partial charge in [0.25, 0.3) is 5.91 Å². The van der Waals surface area contributed by atoms with E-state index < -0.39 is 27.5 Å². The van der Waals surface area contributed by atoms with E-state index in [0.29, 0.717) is 24.3 Å². The molecular formula is C22H21FN2O5S. The molecule has 7 nitrogen and oxygen atoms in total. The average Bonchev–Trinajstić information content (AvgIpc) is 2.79. The van der Waals surface area contributed by atoms with E-state index in [2.05, 4.69) is 0 Å². The van der Waals surface area contributed by atoms with Crippen molar-refractivity contribution in [3.8, 4) is 0 Å². The zero-order chi connectivity index (χ0) is 22.2. The van der Waals surface area contributed by atoms with E-state index in [1.54, 1.807) is 17.0 Å². The average molecular weight is 444 g/mol. The number of carbonyl (C=O) groups is 2. The predicted octanol–water partition coefficient (Wildman–Crippen LogP) is 3.39. The number of ether oxygens (including phenoxy) is 1. The highest BCUT2D eigenvalue weighted by Gasteiger charge is 2.38. The SMILES string of the molecule is COC(=O)c1ccc(N2C=C(C(=O)N3CCCCC3)S(=O)(=O)c3ccc(F)cc32)cc1. The van der Waals surface area contributed by atoms with Crippen LogP contribution < -0.4 is 4.90 Å². The topological polar surface area (TPSA) is 84.0 Å². The number of fused-ring (bicyclic) bond motifs is 1. The van der Waals surface area contributed by atoms with Crippen molar-refractivity contribution in [2.45, 2.75) is 24.2 Å². The van der Waals surface area contributed by atoms with Crippen LogP contribution >= 0.6 is 0 Å². The molecule has 162 valence electrons. The maximum atomic E-state index is 14.0.